The first-order valence-electron chi connectivity index (χ1n) is 5.36. The Kier molecular flexibility index (Phi) is 5.07. The molecule has 0 heterocycles. The highest BCUT2D eigenvalue weighted by Gasteiger charge is 2.13. The first-order valence-corrected chi connectivity index (χ1v) is 6.84. The maximum absolute atomic E-state index is 11.9. The van der Waals surface area contributed by atoms with E-state index in [0.29, 0.717) is 19.6 Å². The smallest absolute Gasteiger partial charge is 0.240 e. The van der Waals surface area contributed by atoms with Crippen LogP contribution in [-0.4, -0.2) is 21.6 Å². The molecule has 1 aromatic rings. The summed E-state index contributed by atoms with van der Waals surface area (Å²) in [4.78, 5) is 4.65. The topological polar surface area (TPSA) is 81.4 Å². The number of benzene rings is 1. The van der Waals surface area contributed by atoms with Gasteiger partial charge in [-0.1, -0.05) is 6.07 Å². The van der Waals surface area contributed by atoms with Crippen LogP contribution in [0.3, 0.4) is 0 Å². The quantitative estimate of drug-likeness (QED) is 0.586. The zero-order valence-corrected chi connectivity index (χ0v) is 10.9. The van der Waals surface area contributed by atoms with Crippen molar-refractivity contribution in [3.63, 3.8) is 0 Å². The molecule has 0 fully saturated rings. The Morgan fingerprint density at radius 2 is 2.00 bits per heavy atom. The van der Waals surface area contributed by atoms with E-state index in [4.69, 9.17) is 5.90 Å². The Morgan fingerprint density at radius 1 is 1.29 bits per heavy atom. The van der Waals surface area contributed by atoms with Gasteiger partial charge < -0.3 is 4.84 Å². The number of rotatable bonds is 6. The van der Waals surface area contributed by atoms with Crippen LogP contribution < -0.4 is 10.6 Å². The molecule has 1 aromatic carbocycles. The molecule has 0 amide bonds. The van der Waals surface area contributed by atoms with Gasteiger partial charge >= 0.3 is 0 Å². The highest BCUT2D eigenvalue weighted by molar-refractivity contribution is 7.89. The van der Waals surface area contributed by atoms with Gasteiger partial charge in [0.2, 0.25) is 10.0 Å². The van der Waals surface area contributed by atoms with Crippen molar-refractivity contribution < 1.29 is 13.3 Å². The fourth-order valence-electron chi connectivity index (χ4n) is 1.33. The fourth-order valence-corrected chi connectivity index (χ4v) is 2.49. The second-order valence-corrected chi connectivity index (χ2v) is 5.64. The molecule has 0 radical (unpaired) electrons. The Balaban J connectivity index is 2.72. The molecule has 5 nitrogen and oxygen atoms in total. The van der Waals surface area contributed by atoms with Gasteiger partial charge in [-0.15, -0.1) is 0 Å². The van der Waals surface area contributed by atoms with E-state index >= 15 is 0 Å². The largest absolute Gasteiger partial charge is 0.305 e. The van der Waals surface area contributed by atoms with E-state index in [1.807, 2.05) is 13.8 Å². The average molecular weight is 258 g/mol. The molecule has 0 aliphatic heterocycles. The summed E-state index contributed by atoms with van der Waals surface area (Å²) in [6, 6.07) is 5.06. The number of hydrogen-bond donors (Lipinski definition) is 2. The molecular weight excluding hydrogens is 240 g/mol. The normalized spacial score (nSPS) is 11.7. The first kappa shape index (κ1) is 14.1. The van der Waals surface area contributed by atoms with Gasteiger partial charge in [-0.05, 0) is 43.5 Å². The van der Waals surface area contributed by atoms with Crippen molar-refractivity contribution in [1.82, 2.24) is 4.72 Å². The zero-order valence-electron chi connectivity index (χ0n) is 10.1. The van der Waals surface area contributed by atoms with Gasteiger partial charge in [0.1, 0.15) is 0 Å². The van der Waals surface area contributed by atoms with Crippen LogP contribution in [0.15, 0.2) is 23.1 Å². The van der Waals surface area contributed by atoms with Crippen LogP contribution >= 0.6 is 0 Å². The minimum atomic E-state index is -3.43. The molecule has 0 spiro atoms. The lowest BCUT2D eigenvalue weighted by Crippen LogP contribution is -2.26. The third-order valence-corrected chi connectivity index (χ3v) is 3.98. The zero-order chi connectivity index (χ0) is 12.9. The van der Waals surface area contributed by atoms with E-state index in [0.717, 1.165) is 11.1 Å². The fraction of sp³-hybridized carbons (Fsp3) is 0.455. The van der Waals surface area contributed by atoms with Gasteiger partial charge in [-0.25, -0.2) is 19.0 Å². The van der Waals surface area contributed by atoms with Crippen LogP contribution in [0.1, 0.15) is 17.5 Å². The van der Waals surface area contributed by atoms with Crippen molar-refractivity contribution >= 4 is 10.0 Å². The highest BCUT2D eigenvalue weighted by Crippen LogP contribution is 2.14. The molecule has 3 N–H and O–H groups in total. The predicted octanol–water partition coefficient (Wildman–Crippen LogP) is 0.862. The summed E-state index contributed by atoms with van der Waals surface area (Å²) in [6.45, 7) is 4.47. The summed E-state index contributed by atoms with van der Waals surface area (Å²) in [5, 5.41) is 0. The van der Waals surface area contributed by atoms with Gasteiger partial charge in [-0.3, -0.25) is 0 Å². The highest BCUT2D eigenvalue weighted by atomic mass is 32.2. The van der Waals surface area contributed by atoms with Gasteiger partial charge in [0.25, 0.3) is 0 Å². The maximum atomic E-state index is 11.9. The Morgan fingerprint density at radius 3 is 2.59 bits per heavy atom. The second kappa shape index (κ2) is 6.11. The Labute approximate surface area is 102 Å². The lowest BCUT2D eigenvalue weighted by molar-refractivity contribution is 0.136. The Hall–Kier alpha value is -0.950. The molecule has 0 aromatic heterocycles. The first-order chi connectivity index (χ1) is 7.97. The molecule has 17 heavy (non-hydrogen) atoms. The molecule has 0 atom stereocenters. The van der Waals surface area contributed by atoms with E-state index in [-0.39, 0.29) is 4.90 Å². The molecule has 0 aliphatic rings. The van der Waals surface area contributed by atoms with E-state index in [1.165, 1.54) is 0 Å². The minimum absolute atomic E-state index is 0.286. The van der Waals surface area contributed by atoms with Gasteiger partial charge in [0, 0.05) is 6.54 Å². The van der Waals surface area contributed by atoms with Crippen molar-refractivity contribution in [2.45, 2.75) is 25.2 Å². The summed E-state index contributed by atoms with van der Waals surface area (Å²) in [5.41, 5.74) is 2.03. The summed E-state index contributed by atoms with van der Waals surface area (Å²) >= 11 is 0. The number of hydrogen-bond acceptors (Lipinski definition) is 4. The number of aryl methyl sites for hydroxylation is 2. The van der Waals surface area contributed by atoms with Crippen molar-refractivity contribution in [3.05, 3.63) is 29.3 Å². The molecule has 0 aliphatic carbocycles. The summed E-state index contributed by atoms with van der Waals surface area (Å²) in [6.07, 6.45) is 0.542. The lowest BCUT2D eigenvalue weighted by atomic mass is 10.1. The number of sulfonamides is 1. The van der Waals surface area contributed by atoms with Gasteiger partial charge in [0.05, 0.1) is 11.5 Å². The molecule has 0 bridgehead atoms. The summed E-state index contributed by atoms with van der Waals surface area (Å²) in [7, 11) is -3.43. The molecule has 96 valence electrons. The standard InChI is InChI=1S/C11H18N2O3S/c1-9-4-5-11(8-10(9)2)17(14,15)13-6-3-7-16-12/h4-5,8,13H,3,6-7,12H2,1-2H3. The third kappa shape index (κ3) is 4.08. The van der Waals surface area contributed by atoms with Crippen LogP contribution in [0.4, 0.5) is 0 Å². The van der Waals surface area contributed by atoms with Gasteiger partial charge in [0.15, 0.2) is 0 Å². The molecule has 0 unspecified atom stereocenters. The molecular formula is C11H18N2O3S. The van der Waals surface area contributed by atoms with Crippen LogP contribution in [-0.2, 0) is 14.9 Å². The molecule has 6 heteroatoms. The Bertz CT molecular complexity index is 472. The van der Waals surface area contributed by atoms with Crippen LogP contribution in [0.2, 0.25) is 0 Å². The monoisotopic (exact) mass is 258 g/mol. The molecule has 1 rings (SSSR count). The van der Waals surface area contributed by atoms with Crippen LogP contribution in [0.25, 0.3) is 0 Å². The summed E-state index contributed by atoms with van der Waals surface area (Å²) < 4.78 is 26.2. The van der Waals surface area contributed by atoms with E-state index in [9.17, 15) is 8.42 Å². The van der Waals surface area contributed by atoms with E-state index in [1.54, 1.807) is 18.2 Å². The molecule has 0 saturated heterocycles. The van der Waals surface area contributed by atoms with Crippen molar-refractivity contribution in [1.29, 1.82) is 0 Å². The van der Waals surface area contributed by atoms with Crippen molar-refractivity contribution in [2.24, 2.45) is 5.90 Å². The third-order valence-electron chi connectivity index (χ3n) is 2.52. The van der Waals surface area contributed by atoms with E-state index < -0.39 is 10.0 Å². The number of nitrogens with two attached hydrogens (primary N) is 1. The average Bonchev–Trinajstić information content (AvgIpc) is 2.28. The minimum Gasteiger partial charge on any atom is -0.305 e. The van der Waals surface area contributed by atoms with Crippen LogP contribution in [0, 0.1) is 13.8 Å². The SMILES string of the molecule is Cc1ccc(S(=O)(=O)NCCCON)cc1C. The predicted molar refractivity (Wildman–Crippen MR) is 65.9 cm³/mol. The van der Waals surface area contributed by atoms with E-state index in [2.05, 4.69) is 9.56 Å². The van der Waals surface area contributed by atoms with Crippen molar-refractivity contribution in [3.8, 4) is 0 Å². The second-order valence-electron chi connectivity index (χ2n) is 3.87. The lowest BCUT2D eigenvalue weighted by Gasteiger charge is -2.08. The van der Waals surface area contributed by atoms with Crippen molar-refractivity contribution in [2.75, 3.05) is 13.2 Å². The molecule has 0 saturated carbocycles. The summed E-state index contributed by atoms with van der Waals surface area (Å²) in [5.74, 6) is 4.85. The maximum Gasteiger partial charge on any atom is 0.240 e. The number of nitrogens with one attached hydrogen (secondary N) is 1. The van der Waals surface area contributed by atoms with Crippen LogP contribution in [0.5, 0.6) is 0 Å². The van der Waals surface area contributed by atoms with Gasteiger partial charge in [-0.2, -0.15) is 0 Å².